The summed E-state index contributed by atoms with van der Waals surface area (Å²) in [5.74, 6) is 2.58. The number of thioether (sulfide) groups is 1. The maximum Gasteiger partial charge on any atom is 0.277 e. The third-order valence-corrected chi connectivity index (χ3v) is 5.45. The molecule has 4 rings (SSSR count). The number of fused-ring (bicyclic) bond motifs is 1. The highest BCUT2D eigenvalue weighted by Crippen LogP contribution is 2.32. The van der Waals surface area contributed by atoms with E-state index >= 15 is 0 Å². The summed E-state index contributed by atoms with van der Waals surface area (Å²) in [5.41, 5.74) is 1.97. The van der Waals surface area contributed by atoms with E-state index in [2.05, 4.69) is 15.5 Å². The van der Waals surface area contributed by atoms with Gasteiger partial charge in [0.1, 0.15) is 5.75 Å². The number of benzene rings is 2. The Hall–Kier alpha value is -3.20. The van der Waals surface area contributed by atoms with Gasteiger partial charge < -0.3 is 23.9 Å². The highest BCUT2D eigenvalue weighted by atomic mass is 32.2. The predicted octanol–water partition coefficient (Wildman–Crippen LogP) is 3.19. The molecule has 9 heteroatoms. The normalized spacial score (nSPS) is 13.1. The topological polar surface area (TPSA) is 95.7 Å². The van der Waals surface area contributed by atoms with Crippen molar-refractivity contribution in [2.75, 3.05) is 13.9 Å². The van der Waals surface area contributed by atoms with E-state index in [-0.39, 0.29) is 18.0 Å². The Labute approximate surface area is 177 Å². The Morgan fingerprint density at radius 1 is 1.13 bits per heavy atom. The molecule has 0 unspecified atom stereocenters. The summed E-state index contributed by atoms with van der Waals surface area (Å²) in [6, 6.07) is 13.3. The van der Waals surface area contributed by atoms with Gasteiger partial charge in [-0.1, -0.05) is 30.0 Å². The van der Waals surface area contributed by atoms with E-state index in [1.807, 2.05) is 42.5 Å². The molecule has 0 saturated heterocycles. The molecule has 1 amide bonds. The quantitative estimate of drug-likeness (QED) is 0.548. The van der Waals surface area contributed by atoms with Gasteiger partial charge in [0.05, 0.1) is 18.8 Å². The zero-order valence-electron chi connectivity index (χ0n) is 16.6. The second-order valence-electron chi connectivity index (χ2n) is 6.65. The van der Waals surface area contributed by atoms with Crippen LogP contribution < -0.4 is 19.5 Å². The zero-order chi connectivity index (χ0) is 20.9. The molecule has 0 saturated carbocycles. The number of rotatable bonds is 8. The van der Waals surface area contributed by atoms with Crippen molar-refractivity contribution in [3.63, 3.8) is 0 Å². The molecule has 1 aliphatic heterocycles. The molecular weight excluding hydrogens is 406 g/mol. The van der Waals surface area contributed by atoms with Crippen molar-refractivity contribution in [3.05, 3.63) is 59.5 Å². The smallest absolute Gasteiger partial charge is 0.277 e. The van der Waals surface area contributed by atoms with Gasteiger partial charge in [0.25, 0.3) is 5.22 Å². The van der Waals surface area contributed by atoms with E-state index in [0.717, 1.165) is 22.6 Å². The van der Waals surface area contributed by atoms with E-state index in [9.17, 15) is 4.79 Å². The second kappa shape index (κ2) is 9.08. The van der Waals surface area contributed by atoms with Crippen molar-refractivity contribution in [1.82, 2.24) is 15.5 Å². The molecule has 0 aliphatic carbocycles. The second-order valence-corrected chi connectivity index (χ2v) is 7.94. The van der Waals surface area contributed by atoms with Crippen molar-refractivity contribution < 1.29 is 23.4 Å². The molecule has 1 aliphatic rings. The average molecular weight is 427 g/mol. The van der Waals surface area contributed by atoms with Crippen LogP contribution >= 0.6 is 11.8 Å². The summed E-state index contributed by atoms with van der Waals surface area (Å²) in [7, 11) is 1.63. The van der Waals surface area contributed by atoms with Crippen LogP contribution in [0.5, 0.6) is 17.2 Å². The summed E-state index contributed by atoms with van der Waals surface area (Å²) in [6.07, 6.45) is 0.516. The van der Waals surface area contributed by atoms with Crippen molar-refractivity contribution in [2.24, 2.45) is 0 Å². The van der Waals surface area contributed by atoms with E-state index in [4.69, 9.17) is 18.6 Å². The number of carbonyl (C=O) groups excluding carboxylic acids is 1. The Morgan fingerprint density at radius 3 is 2.70 bits per heavy atom. The molecule has 3 aromatic rings. The minimum Gasteiger partial charge on any atom is -0.497 e. The first kappa shape index (κ1) is 20.1. The summed E-state index contributed by atoms with van der Waals surface area (Å²) in [6.45, 7) is 2.42. The number of amides is 1. The highest BCUT2D eigenvalue weighted by Gasteiger charge is 2.19. The first-order chi connectivity index (χ1) is 14.6. The largest absolute Gasteiger partial charge is 0.497 e. The maximum absolute atomic E-state index is 12.4. The van der Waals surface area contributed by atoms with Gasteiger partial charge in [0.15, 0.2) is 11.5 Å². The van der Waals surface area contributed by atoms with Crippen molar-refractivity contribution in [2.45, 2.75) is 30.4 Å². The summed E-state index contributed by atoms with van der Waals surface area (Å²) >= 11 is 1.23. The van der Waals surface area contributed by atoms with Crippen LogP contribution in [0.3, 0.4) is 0 Å². The van der Waals surface area contributed by atoms with E-state index in [0.29, 0.717) is 29.8 Å². The SMILES string of the molecule is COc1ccc(Cc2nnc(S[C@@H](C)C(=O)NCc3ccc4c(c3)OCO4)o2)cc1. The van der Waals surface area contributed by atoms with Crippen LogP contribution in [-0.4, -0.2) is 35.3 Å². The number of hydrogen-bond donors (Lipinski definition) is 1. The molecule has 1 atom stereocenters. The number of hydrogen-bond acceptors (Lipinski definition) is 8. The molecule has 2 aromatic carbocycles. The maximum atomic E-state index is 12.4. The monoisotopic (exact) mass is 427 g/mol. The standard InChI is InChI=1S/C21H21N3O5S/c1-13(20(25)22-11-15-5-8-17-18(9-15)28-12-27-17)30-21-24-23-19(29-21)10-14-3-6-16(26-2)7-4-14/h3-9,13H,10-12H2,1-2H3,(H,22,25)/t13-/m0/s1. The summed E-state index contributed by atoms with van der Waals surface area (Å²) in [5, 5.41) is 11.0. The van der Waals surface area contributed by atoms with E-state index < -0.39 is 0 Å². The van der Waals surface area contributed by atoms with Gasteiger partial charge in [-0.3, -0.25) is 4.79 Å². The molecule has 0 fully saturated rings. The Balaban J connectivity index is 1.28. The predicted molar refractivity (Wildman–Crippen MR) is 110 cm³/mol. The van der Waals surface area contributed by atoms with Crippen molar-refractivity contribution >= 4 is 17.7 Å². The van der Waals surface area contributed by atoms with Gasteiger partial charge in [0.2, 0.25) is 18.6 Å². The highest BCUT2D eigenvalue weighted by molar-refractivity contribution is 8.00. The molecule has 1 aromatic heterocycles. The first-order valence-corrected chi connectivity index (χ1v) is 10.3. The van der Waals surface area contributed by atoms with Gasteiger partial charge in [-0.15, -0.1) is 10.2 Å². The fourth-order valence-corrected chi connectivity index (χ4v) is 3.59. The van der Waals surface area contributed by atoms with Crippen molar-refractivity contribution in [3.8, 4) is 17.2 Å². The molecule has 0 radical (unpaired) electrons. The molecule has 0 spiro atoms. The Kier molecular flexibility index (Phi) is 6.08. The molecule has 8 nitrogen and oxygen atoms in total. The molecule has 30 heavy (non-hydrogen) atoms. The lowest BCUT2D eigenvalue weighted by atomic mass is 10.1. The minimum absolute atomic E-state index is 0.118. The summed E-state index contributed by atoms with van der Waals surface area (Å²) < 4.78 is 21.5. The van der Waals surface area contributed by atoms with Crippen LogP contribution in [0.15, 0.2) is 52.1 Å². The van der Waals surface area contributed by atoms with Gasteiger partial charge in [-0.25, -0.2) is 0 Å². The van der Waals surface area contributed by atoms with Gasteiger partial charge >= 0.3 is 0 Å². The molecule has 156 valence electrons. The average Bonchev–Trinajstić information content (AvgIpc) is 3.41. The van der Waals surface area contributed by atoms with Gasteiger partial charge in [-0.2, -0.15) is 0 Å². The van der Waals surface area contributed by atoms with Crippen LogP contribution in [0.25, 0.3) is 0 Å². The number of carbonyl (C=O) groups is 1. The fourth-order valence-electron chi connectivity index (χ4n) is 2.86. The number of ether oxygens (including phenoxy) is 3. The molecule has 2 heterocycles. The molecule has 0 bridgehead atoms. The van der Waals surface area contributed by atoms with Crippen LogP contribution in [0.4, 0.5) is 0 Å². The minimum atomic E-state index is -0.381. The lowest BCUT2D eigenvalue weighted by Gasteiger charge is -2.10. The van der Waals surface area contributed by atoms with Crippen LogP contribution in [0.2, 0.25) is 0 Å². The third kappa shape index (κ3) is 4.85. The number of aromatic nitrogens is 2. The zero-order valence-corrected chi connectivity index (χ0v) is 17.4. The van der Waals surface area contributed by atoms with Crippen LogP contribution in [-0.2, 0) is 17.8 Å². The Bertz CT molecular complexity index is 1020. The molecular formula is C21H21N3O5S. The first-order valence-electron chi connectivity index (χ1n) is 9.39. The lowest BCUT2D eigenvalue weighted by molar-refractivity contribution is -0.120. The van der Waals surface area contributed by atoms with Gasteiger partial charge in [0, 0.05) is 6.54 Å². The lowest BCUT2D eigenvalue weighted by Crippen LogP contribution is -2.30. The number of nitrogens with one attached hydrogen (secondary N) is 1. The molecule has 1 N–H and O–H groups in total. The fraction of sp³-hybridized carbons (Fsp3) is 0.286. The van der Waals surface area contributed by atoms with Crippen LogP contribution in [0, 0.1) is 0 Å². The third-order valence-electron chi connectivity index (χ3n) is 4.51. The van der Waals surface area contributed by atoms with Crippen molar-refractivity contribution in [1.29, 1.82) is 0 Å². The summed E-state index contributed by atoms with van der Waals surface area (Å²) in [4.78, 5) is 12.4. The van der Waals surface area contributed by atoms with Gasteiger partial charge in [-0.05, 0) is 42.3 Å². The van der Waals surface area contributed by atoms with E-state index in [1.54, 1.807) is 14.0 Å². The van der Waals surface area contributed by atoms with Crippen LogP contribution in [0.1, 0.15) is 23.9 Å². The number of nitrogens with zero attached hydrogens (tertiary/aromatic N) is 2. The van der Waals surface area contributed by atoms with E-state index in [1.165, 1.54) is 11.8 Å². The number of methoxy groups -OCH3 is 1. The Morgan fingerprint density at radius 2 is 1.90 bits per heavy atom.